The van der Waals surface area contributed by atoms with Crippen molar-refractivity contribution in [2.45, 2.75) is 97.1 Å². The number of aromatic nitrogens is 4. The molecule has 266 valence electrons. The van der Waals surface area contributed by atoms with Crippen LogP contribution >= 0.6 is 0 Å². The molecule has 2 aliphatic rings. The molecular weight excluding hydrogens is 636 g/mol. The van der Waals surface area contributed by atoms with Crippen LogP contribution in [0, 0.1) is 18.3 Å². The molecule has 0 bridgehead atoms. The highest BCUT2D eigenvalue weighted by molar-refractivity contribution is 5.91. The van der Waals surface area contributed by atoms with Gasteiger partial charge >= 0.3 is 6.09 Å². The Hall–Kier alpha value is -4.74. The Labute approximate surface area is 292 Å². The minimum atomic E-state index is -0.520. The second kappa shape index (κ2) is 14.6. The summed E-state index contributed by atoms with van der Waals surface area (Å²) in [6.45, 7) is 8.95. The Kier molecular flexibility index (Phi) is 10.3. The van der Waals surface area contributed by atoms with Gasteiger partial charge in [0.2, 0.25) is 11.7 Å². The van der Waals surface area contributed by atoms with Crippen LogP contribution in [0.5, 0.6) is 5.75 Å². The predicted octanol–water partition coefficient (Wildman–Crippen LogP) is 7.35. The summed E-state index contributed by atoms with van der Waals surface area (Å²) in [7, 11) is 1.64. The molecule has 50 heavy (non-hydrogen) atoms. The Morgan fingerprint density at radius 1 is 1.10 bits per heavy atom. The summed E-state index contributed by atoms with van der Waals surface area (Å²) in [5.41, 5.74) is 2.98. The Balaban J connectivity index is 1.11. The van der Waals surface area contributed by atoms with E-state index in [0.717, 1.165) is 66.4 Å². The quantitative estimate of drug-likeness (QED) is 0.115. The number of rotatable bonds is 12. The van der Waals surface area contributed by atoms with Crippen molar-refractivity contribution in [2.24, 2.45) is 11.3 Å². The van der Waals surface area contributed by atoms with Gasteiger partial charge in [-0.2, -0.15) is 0 Å². The number of oxazole rings is 1. The van der Waals surface area contributed by atoms with Gasteiger partial charge in [-0.05, 0) is 78.4 Å². The number of imidazole rings is 1. The number of carbonyl (C=O) groups is 3. The lowest BCUT2D eigenvalue weighted by molar-refractivity contribution is -0.129. The van der Waals surface area contributed by atoms with Crippen LogP contribution in [0.3, 0.4) is 0 Å². The summed E-state index contributed by atoms with van der Waals surface area (Å²) in [5.74, 6) is 1.30. The lowest BCUT2D eigenvalue weighted by Crippen LogP contribution is -2.60. The largest absolute Gasteiger partial charge is 0.496 e. The standard InChI is InChI=1S/C38H48N6O6/c1-24-11-12-26-19-27(32(48-5)20-29(26)41-24)30-21-40-33(42-30)28(9-7-6-8-10-31(45)35-39-17-18-49-35)43-34(46)25-13-15-38(16-14-25)22-44(23-38)36(47)50-37(2,3)4/h11-12,17-21,25,28H,6-10,13-16,22-23H2,1-5H3,(H,40,42)(H,43,46)/t28-/m0/s1. The van der Waals surface area contributed by atoms with E-state index in [-0.39, 0.29) is 41.0 Å². The van der Waals surface area contributed by atoms with E-state index in [9.17, 15) is 14.4 Å². The van der Waals surface area contributed by atoms with Crippen molar-refractivity contribution in [3.05, 3.63) is 60.3 Å². The van der Waals surface area contributed by atoms with Gasteiger partial charge in [0.05, 0.1) is 36.8 Å². The predicted molar refractivity (Wildman–Crippen MR) is 188 cm³/mol. The molecule has 1 aromatic carbocycles. The van der Waals surface area contributed by atoms with E-state index in [1.165, 1.54) is 12.5 Å². The maximum atomic E-state index is 13.8. The van der Waals surface area contributed by atoms with Gasteiger partial charge in [0.25, 0.3) is 5.89 Å². The smallest absolute Gasteiger partial charge is 0.410 e. The number of nitrogens with zero attached hydrogens (tertiary/aromatic N) is 4. The zero-order chi connectivity index (χ0) is 35.5. The van der Waals surface area contributed by atoms with Crippen LogP contribution in [-0.2, 0) is 9.53 Å². The summed E-state index contributed by atoms with van der Waals surface area (Å²) in [6.07, 6.45) is 11.0. The molecule has 1 saturated carbocycles. The molecule has 0 radical (unpaired) electrons. The van der Waals surface area contributed by atoms with Crippen molar-refractivity contribution in [1.82, 2.24) is 30.2 Å². The summed E-state index contributed by atoms with van der Waals surface area (Å²) in [5, 5.41) is 4.31. The Bertz CT molecular complexity index is 1810. The Morgan fingerprint density at radius 3 is 2.58 bits per heavy atom. The highest BCUT2D eigenvalue weighted by Crippen LogP contribution is 2.46. The number of carbonyl (C=O) groups excluding carboxylic acids is 3. The van der Waals surface area contributed by atoms with E-state index >= 15 is 0 Å². The van der Waals surface area contributed by atoms with E-state index in [1.54, 1.807) is 18.2 Å². The second-order valence-electron chi connectivity index (χ2n) is 14.9. The van der Waals surface area contributed by atoms with Crippen LogP contribution in [0.25, 0.3) is 22.2 Å². The normalized spacial score (nSPS) is 16.6. The van der Waals surface area contributed by atoms with E-state index in [4.69, 9.17) is 18.9 Å². The van der Waals surface area contributed by atoms with Gasteiger partial charge in [0.1, 0.15) is 23.4 Å². The zero-order valence-electron chi connectivity index (χ0n) is 29.7. The Morgan fingerprint density at radius 2 is 1.88 bits per heavy atom. The molecule has 12 heteroatoms. The maximum absolute atomic E-state index is 13.8. The second-order valence-corrected chi connectivity index (χ2v) is 14.9. The van der Waals surface area contributed by atoms with Crippen LogP contribution in [0.15, 0.2) is 47.3 Å². The van der Waals surface area contributed by atoms with Gasteiger partial charge < -0.3 is 29.1 Å². The molecule has 2 N–H and O–H groups in total. The number of aryl methyl sites for hydroxylation is 1. The molecule has 1 atom stereocenters. The number of ketones is 1. The highest BCUT2D eigenvalue weighted by atomic mass is 16.6. The monoisotopic (exact) mass is 684 g/mol. The molecular formula is C38H48N6O6. The molecule has 2 fully saturated rings. The zero-order valence-corrected chi connectivity index (χ0v) is 29.7. The van der Waals surface area contributed by atoms with Gasteiger partial charge in [0, 0.05) is 53.6 Å². The molecule has 4 heterocycles. The van der Waals surface area contributed by atoms with Crippen LogP contribution < -0.4 is 10.1 Å². The minimum absolute atomic E-state index is 0.0231. The molecule has 12 nitrogen and oxygen atoms in total. The molecule has 2 amide bonds. The average Bonchev–Trinajstić information content (AvgIpc) is 3.79. The average molecular weight is 685 g/mol. The highest BCUT2D eigenvalue weighted by Gasteiger charge is 2.48. The van der Waals surface area contributed by atoms with Crippen molar-refractivity contribution < 1.29 is 28.3 Å². The number of unbranched alkanes of at least 4 members (excludes halogenated alkanes) is 2. The van der Waals surface area contributed by atoms with E-state index in [1.807, 2.05) is 52.0 Å². The van der Waals surface area contributed by atoms with Crippen LogP contribution in [0.2, 0.25) is 0 Å². The summed E-state index contributed by atoms with van der Waals surface area (Å²) < 4.78 is 16.4. The minimum Gasteiger partial charge on any atom is -0.496 e. The summed E-state index contributed by atoms with van der Waals surface area (Å²) in [4.78, 5) is 57.2. The van der Waals surface area contributed by atoms with Crippen molar-refractivity contribution in [1.29, 1.82) is 0 Å². The van der Waals surface area contributed by atoms with Crippen molar-refractivity contribution in [2.75, 3.05) is 20.2 Å². The van der Waals surface area contributed by atoms with Crippen LogP contribution in [-0.4, -0.2) is 68.4 Å². The maximum Gasteiger partial charge on any atom is 0.410 e. The van der Waals surface area contributed by atoms with Gasteiger partial charge in [0.15, 0.2) is 0 Å². The number of ether oxygens (including phenoxy) is 2. The van der Waals surface area contributed by atoms with Crippen LogP contribution in [0.1, 0.15) is 107 Å². The van der Waals surface area contributed by atoms with E-state index in [2.05, 4.69) is 20.3 Å². The molecule has 3 aromatic heterocycles. The number of amides is 2. The third-order valence-corrected chi connectivity index (χ3v) is 9.87. The fraction of sp³-hybridized carbons (Fsp3) is 0.526. The number of benzene rings is 1. The molecule has 1 saturated heterocycles. The number of Topliss-reactive ketones (excluding diaryl/α,β-unsaturated/α-hetero) is 1. The van der Waals surface area contributed by atoms with Crippen molar-refractivity contribution in [3.8, 4) is 17.0 Å². The first-order valence-electron chi connectivity index (χ1n) is 17.6. The SMILES string of the molecule is COc1cc2nc(C)ccc2cc1-c1cnc([C@H](CCCCCC(=O)c2ncco2)NC(=O)C2CCC3(CC2)CN(C(=O)OC(C)(C)C)C3)[nH]1. The van der Waals surface area contributed by atoms with Crippen molar-refractivity contribution >= 4 is 28.7 Å². The molecule has 4 aromatic rings. The third-order valence-electron chi connectivity index (χ3n) is 9.87. The number of H-pyrrole nitrogens is 1. The molecule has 1 spiro atoms. The van der Waals surface area contributed by atoms with E-state index in [0.29, 0.717) is 43.9 Å². The lowest BCUT2D eigenvalue weighted by Gasteiger charge is -2.53. The first-order valence-corrected chi connectivity index (χ1v) is 17.6. The number of hydrogen-bond donors (Lipinski definition) is 2. The van der Waals surface area contributed by atoms with Gasteiger partial charge in [-0.3, -0.25) is 14.6 Å². The molecule has 6 rings (SSSR count). The number of nitrogens with one attached hydrogen (secondary N) is 2. The number of methoxy groups -OCH3 is 1. The summed E-state index contributed by atoms with van der Waals surface area (Å²) in [6, 6.07) is 7.66. The molecule has 0 unspecified atom stereocenters. The van der Waals surface area contributed by atoms with Gasteiger partial charge in [-0.1, -0.05) is 18.9 Å². The number of pyridine rings is 1. The fourth-order valence-corrected chi connectivity index (χ4v) is 7.16. The number of aromatic amines is 1. The molecule has 1 aliphatic heterocycles. The lowest BCUT2D eigenvalue weighted by atomic mass is 9.66. The number of likely N-dealkylation sites (tertiary alicyclic amines) is 1. The summed E-state index contributed by atoms with van der Waals surface area (Å²) >= 11 is 0. The number of hydrogen-bond acceptors (Lipinski definition) is 9. The first kappa shape index (κ1) is 35.1. The third kappa shape index (κ3) is 8.17. The topological polar surface area (TPSA) is 153 Å². The van der Waals surface area contributed by atoms with Crippen molar-refractivity contribution in [3.63, 3.8) is 0 Å². The van der Waals surface area contributed by atoms with Crippen LogP contribution in [0.4, 0.5) is 4.79 Å². The first-order chi connectivity index (χ1) is 23.9. The fourth-order valence-electron chi connectivity index (χ4n) is 7.16. The van der Waals surface area contributed by atoms with Gasteiger partial charge in [-0.15, -0.1) is 0 Å². The van der Waals surface area contributed by atoms with E-state index < -0.39 is 5.60 Å². The molecule has 1 aliphatic carbocycles. The number of fused-ring (bicyclic) bond motifs is 1. The van der Waals surface area contributed by atoms with Gasteiger partial charge in [-0.25, -0.2) is 14.8 Å².